The first-order valence-corrected chi connectivity index (χ1v) is 9.14. The molecule has 9 heteroatoms. The molecule has 1 atom stereocenters. The Morgan fingerprint density at radius 1 is 1.10 bits per heavy atom. The Hall–Kier alpha value is -2.94. The highest BCUT2D eigenvalue weighted by Crippen LogP contribution is 2.31. The summed E-state index contributed by atoms with van der Waals surface area (Å²) in [6.45, 7) is 2.34. The van der Waals surface area contributed by atoms with Crippen molar-refractivity contribution < 1.29 is 22.0 Å². The Kier molecular flexibility index (Phi) is 5.23. The number of para-hydroxylation sites is 1. The van der Waals surface area contributed by atoms with Crippen LogP contribution in [0.15, 0.2) is 52.9 Å². The smallest absolute Gasteiger partial charge is 0.413 e. The molecule has 1 N–H and O–H groups in total. The second kappa shape index (κ2) is 7.82. The number of halogens is 4. The first-order chi connectivity index (χ1) is 13.9. The zero-order valence-corrected chi connectivity index (χ0v) is 15.3. The van der Waals surface area contributed by atoms with Gasteiger partial charge in [-0.05, 0) is 36.2 Å². The van der Waals surface area contributed by atoms with Crippen LogP contribution in [0.5, 0.6) is 0 Å². The van der Waals surface area contributed by atoms with Crippen molar-refractivity contribution in [3.8, 4) is 11.5 Å². The lowest BCUT2D eigenvalue weighted by Crippen LogP contribution is -2.52. The maximum Gasteiger partial charge on any atom is 0.470 e. The Morgan fingerprint density at radius 2 is 1.90 bits per heavy atom. The maximum atomic E-state index is 14.7. The van der Waals surface area contributed by atoms with Crippen molar-refractivity contribution in [2.24, 2.45) is 0 Å². The Balaban J connectivity index is 1.54. The zero-order valence-electron chi connectivity index (χ0n) is 15.3. The van der Waals surface area contributed by atoms with Crippen molar-refractivity contribution in [1.29, 1.82) is 0 Å². The van der Waals surface area contributed by atoms with Crippen molar-refractivity contribution in [3.05, 3.63) is 65.8 Å². The van der Waals surface area contributed by atoms with Crippen LogP contribution in [-0.2, 0) is 12.6 Å². The molecule has 1 aliphatic rings. The molecule has 0 bridgehead atoms. The van der Waals surface area contributed by atoms with Crippen molar-refractivity contribution in [1.82, 2.24) is 15.5 Å². The molecule has 1 aliphatic heterocycles. The standard InChI is InChI=1S/C20H18F4N4O/c21-17-11-14(18-26-27-19(29-18)20(22,23)24)7-6-13(17)10-16-12-25-8-9-28(16)15-4-2-1-3-5-15/h1-7,11,16,25H,8-10,12H2. The third-order valence-electron chi connectivity index (χ3n) is 4.86. The van der Waals surface area contributed by atoms with E-state index in [1.165, 1.54) is 6.07 Å². The average Bonchev–Trinajstić information content (AvgIpc) is 3.21. The maximum absolute atomic E-state index is 14.7. The topological polar surface area (TPSA) is 54.2 Å². The SMILES string of the molecule is Fc1cc(-c2nnc(C(F)(F)F)o2)ccc1CC1CNCCN1c1ccccc1. The van der Waals surface area contributed by atoms with Crippen LogP contribution in [-0.4, -0.2) is 35.9 Å². The quantitative estimate of drug-likeness (QED) is 0.666. The zero-order chi connectivity index (χ0) is 20.4. The van der Waals surface area contributed by atoms with Gasteiger partial charge in [-0.2, -0.15) is 13.2 Å². The lowest BCUT2D eigenvalue weighted by Gasteiger charge is -2.38. The Labute approximate surface area is 164 Å². The van der Waals surface area contributed by atoms with Crippen molar-refractivity contribution in [2.75, 3.05) is 24.5 Å². The van der Waals surface area contributed by atoms with Crippen LogP contribution in [0.3, 0.4) is 0 Å². The summed E-state index contributed by atoms with van der Waals surface area (Å²) in [5.74, 6) is -2.34. The van der Waals surface area contributed by atoms with Crippen molar-refractivity contribution >= 4 is 5.69 Å². The molecule has 5 nitrogen and oxygen atoms in total. The van der Waals surface area contributed by atoms with E-state index in [4.69, 9.17) is 0 Å². The third kappa shape index (κ3) is 4.24. The molecule has 29 heavy (non-hydrogen) atoms. The van der Waals surface area contributed by atoms with E-state index in [0.717, 1.165) is 24.8 Å². The molecular weight excluding hydrogens is 388 g/mol. The van der Waals surface area contributed by atoms with E-state index in [2.05, 4.69) is 24.8 Å². The fourth-order valence-electron chi connectivity index (χ4n) is 3.46. The molecule has 0 amide bonds. The minimum absolute atomic E-state index is 0.0479. The number of hydrogen-bond acceptors (Lipinski definition) is 5. The molecule has 0 aliphatic carbocycles. The molecule has 2 aromatic carbocycles. The lowest BCUT2D eigenvalue weighted by atomic mass is 10.00. The second-order valence-corrected chi connectivity index (χ2v) is 6.81. The van der Waals surface area contributed by atoms with Gasteiger partial charge in [-0.25, -0.2) is 4.39 Å². The predicted octanol–water partition coefficient (Wildman–Crippen LogP) is 3.92. The van der Waals surface area contributed by atoms with Gasteiger partial charge in [0.15, 0.2) is 0 Å². The van der Waals surface area contributed by atoms with Crippen LogP contribution in [0.1, 0.15) is 11.5 Å². The number of benzene rings is 2. The molecule has 0 radical (unpaired) electrons. The molecule has 0 saturated carbocycles. The molecule has 152 valence electrons. The van der Waals surface area contributed by atoms with Gasteiger partial charge < -0.3 is 14.6 Å². The van der Waals surface area contributed by atoms with Crippen LogP contribution < -0.4 is 10.2 Å². The number of alkyl halides is 3. The fraction of sp³-hybridized carbons (Fsp3) is 0.300. The Morgan fingerprint density at radius 3 is 2.59 bits per heavy atom. The van der Waals surface area contributed by atoms with Crippen molar-refractivity contribution in [2.45, 2.75) is 18.6 Å². The van der Waals surface area contributed by atoms with E-state index < -0.39 is 17.9 Å². The van der Waals surface area contributed by atoms with Crippen LogP contribution in [0.4, 0.5) is 23.2 Å². The summed E-state index contributed by atoms with van der Waals surface area (Å²) >= 11 is 0. The van der Waals surface area contributed by atoms with Crippen LogP contribution in [0, 0.1) is 5.82 Å². The lowest BCUT2D eigenvalue weighted by molar-refractivity contribution is -0.156. The van der Waals surface area contributed by atoms with E-state index >= 15 is 0 Å². The van der Waals surface area contributed by atoms with Gasteiger partial charge in [-0.3, -0.25) is 0 Å². The van der Waals surface area contributed by atoms with Gasteiger partial charge in [0.1, 0.15) is 5.82 Å². The minimum Gasteiger partial charge on any atom is -0.413 e. The van der Waals surface area contributed by atoms with Gasteiger partial charge in [-0.1, -0.05) is 24.3 Å². The number of rotatable bonds is 4. The number of aromatic nitrogens is 2. The number of nitrogens with one attached hydrogen (secondary N) is 1. The summed E-state index contributed by atoms with van der Waals surface area (Å²) < 4.78 is 57.2. The summed E-state index contributed by atoms with van der Waals surface area (Å²) in [4.78, 5) is 2.23. The summed E-state index contributed by atoms with van der Waals surface area (Å²) in [5.41, 5.74) is 1.65. The predicted molar refractivity (Wildman–Crippen MR) is 98.8 cm³/mol. The van der Waals surface area contributed by atoms with Gasteiger partial charge in [0, 0.05) is 36.9 Å². The monoisotopic (exact) mass is 406 g/mol. The van der Waals surface area contributed by atoms with E-state index in [9.17, 15) is 17.6 Å². The highest BCUT2D eigenvalue weighted by atomic mass is 19.4. The highest BCUT2D eigenvalue weighted by molar-refractivity contribution is 5.54. The second-order valence-electron chi connectivity index (χ2n) is 6.81. The molecule has 1 aromatic heterocycles. The summed E-state index contributed by atoms with van der Waals surface area (Å²) in [5, 5.41) is 9.67. The van der Waals surface area contributed by atoms with E-state index in [1.807, 2.05) is 30.3 Å². The molecule has 0 spiro atoms. The number of nitrogens with zero attached hydrogens (tertiary/aromatic N) is 3. The normalized spacial score (nSPS) is 17.5. The van der Waals surface area contributed by atoms with Crippen LogP contribution >= 0.6 is 0 Å². The molecule has 1 fully saturated rings. The molecule has 2 heterocycles. The molecular formula is C20H18F4N4O. The van der Waals surface area contributed by atoms with E-state index in [1.54, 1.807) is 6.07 Å². The molecule has 3 aromatic rings. The summed E-state index contributed by atoms with van der Waals surface area (Å²) in [6.07, 6.45) is -4.29. The largest absolute Gasteiger partial charge is 0.470 e. The van der Waals surface area contributed by atoms with Gasteiger partial charge in [0.2, 0.25) is 5.89 Å². The van der Waals surface area contributed by atoms with Gasteiger partial charge in [-0.15, -0.1) is 10.2 Å². The molecule has 4 rings (SSSR count). The van der Waals surface area contributed by atoms with Crippen LogP contribution in [0.2, 0.25) is 0 Å². The van der Waals surface area contributed by atoms with Gasteiger partial charge >= 0.3 is 12.1 Å². The number of anilines is 1. The first kappa shape index (κ1) is 19.4. The first-order valence-electron chi connectivity index (χ1n) is 9.14. The minimum atomic E-state index is -4.74. The van der Waals surface area contributed by atoms with Gasteiger partial charge in [0.05, 0.1) is 0 Å². The van der Waals surface area contributed by atoms with Crippen molar-refractivity contribution in [3.63, 3.8) is 0 Å². The third-order valence-corrected chi connectivity index (χ3v) is 4.86. The molecule has 1 saturated heterocycles. The molecule has 1 unspecified atom stereocenters. The van der Waals surface area contributed by atoms with E-state index in [-0.39, 0.29) is 17.5 Å². The fourth-order valence-corrected chi connectivity index (χ4v) is 3.46. The number of hydrogen-bond donors (Lipinski definition) is 1. The van der Waals surface area contributed by atoms with Crippen LogP contribution in [0.25, 0.3) is 11.5 Å². The highest BCUT2D eigenvalue weighted by Gasteiger charge is 2.38. The van der Waals surface area contributed by atoms with E-state index in [0.29, 0.717) is 18.5 Å². The number of piperazine rings is 1. The van der Waals surface area contributed by atoms with Gasteiger partial charge in [0.25, 0.3) is 0 Å². The summed E-state index contributed by atoms with van der Waals surface area (Å²) in [6, 6.07) is 14.1. The summed E-state index contributed by atoms with van der Waals surface area (Å²) in [7, 11) is 0. The average molecular weight is 406 g/mol. The Bertz CT molecular complexity index is 974.